The third-order valence-electron chi connectivity index (χ3n) is 6.98. The van der Waals surface area contributed by atoms with Crippen LogP contribution >= 0.6 is 0 Å². The summed E-state index contributed by atoms with van der Waals surface area (Å²) in [7, 11) is 1.63. The second-order valence-electron chi connectivity index (χ2n) is 10.4. The van der Waals surface area contributed by atoms with Gasteiger partial charge in [0.1, 0.15) is 24.2 Å². The van der Waals surface area contributed by atoms with Crippen molar-refractivity contribution in [2.45, 2.75) is 70.3 Å². The fourth-order valence-corrected chi connectivity index (χ4v) is 4.54. The average molecular weight is 559 g/mol. The lowest BCUT2D eigenvalue weighted by atomic mass is 10.0. The van der Waals surface area contributed by atoms with Gasteiger partial charge in [0.15, 0.2) is 5.78 Å². The fourth-order valence-electron chi connectivity index (χ4n) is 4.54. The number of aliphatic hydroxyl groups excluding tert-OH is 1. The molecule has 41 heavy (non-hydrogen) atoms. The zero-order chi connectivity index (χ0) is 29.0. The molecule has 3 aromatic carbocycles. The van der Waals surface area contributed by atoms with E-state index in [0.29, 0.717) is 19.0 Å². The third kappa shape index (κ3) is 13.2. The monoisotopic (exact) mass is 558 g/mol. The largest absolute Gasteiger partial charge is 0.497 e. The van der Waals surface area contributed by atoms with Gasteiger partial charge in [-0.15, -0.1) is 0 Å². The van der Waals surface area contributed by atoms with E-state index >= 15 is 0 Å². The van der Waals surface area contributed by atoms with Gasteiger partial charge in [0.05, 0.1) is 13.7 Å². The smallest absolute Gasteiger partial charge is 0.193 e. The number of ether oxygens (including phenoxy) is 3. The zero-order valence-electron chi connectivity index (χ0n) is 24.5. The van der Waals surface area contributed by atoms with Crippen molar-refractivity contribution in [1.82, 2.24) is 0 Å². The number of hydrogen-bond acceptors (Lipinski definition) is 5. The van der Waals surface area contributed by atoms with Gasteiger partial charge in [0, 0.05) is 17.7 Å². The molecule has 3 aromatic rings. The molecular formula is C36H46O5. The molecule has 0 aliphatic rings. The van der Waals surface area contributed by atoms with E-state index in [2.05, 4.69) is 24.3 Å². The number of ketones is 1. The van der Waals surface area contributed by atoms with E-state index < -0.39 is 6.10 Å². The normalized spacial score (nSPS) is 12.0. The highest BCUT2D eigenvalue weighted by Gasteiger charge is 2.08. The molecule has 0 saturated carbocycles. The number of hydrogen-bond donors (Lipinski definition) is 1. The van der Waals surface area contributed by atoms with Crippen LogP contribution in [0.15, 0.2) is 91.0 Å². The van der Waals surface area contributed by atoms with Crippen LogP contribution in [0.1, 0.15) is 79.3 Å². The quantitative estimate of drug-likeness (QED) is 0.0815. The first-order chi connectivity index (χ1) is 20.2. The Bertz CT molecular complexity index is 1120. The number of methoxy groups -OCH3 is 1. The van der Waals surface area contributed by atoms with Gasteiger partial charge in [-0.05, 0) is 68.4 Å². The number of rotatable bonds is 21. The number of allylic oxidation sites excluding steroid dienone is 2. The van der Waals surface area contributed by atoms with Crippen molar-refractivity contribution in [2.75, 3.05) is 26.9 Å². The SMILES string of the molecule is COc1ccc(OC[C@H](O)COCCCCCCCC/C=C\CCCc2ccc(C(=O)c3ccccc3)cc2)cc1. The number of unbranched alkanes of at least 4 members (excludes halogenated alkanes) is 7. The van der Waals surface area contributed by atoms with Gasteiger partial charge >= 0.3 is 0 Å². The molecular weight excluding hydrogens is 512 g/mol. The van der Waals surface area contributed by atoms with Crippen molar-refractivity contribution in [1.29, 1.82) is 0 Å². The van der Waals surface area contributed by atoms with E-state index in [9.17, 15) is 9.90 Å². The number of carbonyl (C=O) groups is 1. The molecule has 0 unspecified atom stereocenters. The molecule has 0 aliphatic carbocycles. The number of carbonyl (C=O) groups excluding carboxylic acids is 1. The van der Waals surface area contributed by atoms with Crippen LogP contribution in [0.25, 0.3) is 0 Å². The Balaban J connectivity index is 1.10. The van der Waals surface area contributed by atoms with Crippen LogP contribution in [0.4, 0.5) is 0 Å². The van der Waals surface area contributed by atoms with E-state index in [1.54, 1.807) is 7.11 Å². The van der Waals surface area contributed by atoms with Gasteiger partial charge in [-0.1, -0.05) is 92.4 Å². The van der Waals surface area contributed by atoms with Crippen molar-refractivity contribution >= 4 is 5.78 Å². The van der Waals surface area contributed by atoms with E-state index in [-0.39, 0.29) is 12.4 Å². The predicted octanol–water partition coefficient (Wildman–Crippen LogP) is 7.99. The van der Waals surface area contributed by atoms with Crippen LogP contribution in [-0.4, -0.2) is 43.9 Å². The summed E-state index contributed by atoms with van der Waals surface area (Å²) < 4.78 is 16.3. The maximum atomic E-state index is 12.5. The fraction of sp³-hybridized carbons (Fsp3) is 0.417. The Kier molecular flexibility index (Phi) is 15.4. The van der Waals surface area contributed by atoms with Gasteiger partial charge < -0.3 is 19.3 Å². The van der Waals surface area contributed by atoms with Gasteiger partial charge in [-0.25, -0.2) is 0 Å². The van der Waals surface area contributed by atoms with Crippen molar-refractivity contribution in [3.8, 4) is 11.5 Å². The maximum Gasteiger partial charge on any atom is 0.193 e. The third-order valence-corrected chi connectivity index (χ3v) is 6.98. The summed E-state index contributed by atoms with van der Waals surface area (Å²) in [6.07, 6.45) is 15.6. The summed E-state index contributed by atoms with van der Waals surface area (Å²) in [5, 5.41) is 10.0. The Morgan fingerprint density at radius 3 is 2.02 bits per heavy atom. The minimum absolute atomic E-state index is 0.0778. The molecule has 1 atom stereocenters. The second-order valence-corrected chi connectivity index (χ2v) is 10.4. The van der Waals surface area contributed by atoms with E-state index in [0.717, 1.165) is 55.4 Å². The molecule has 0 saturated heterocycles. The van der Waals surface area contributed by atoms with Crippen LogP contribution < -0.4 is 9.47 Å². The van der Waals surface area contributed by atoms with Gasteiger partial charge in [0.25, 0.3) is 0 Å². The van der Waals surface area contributed by atoms with Crippen LogP contribution in [0, 0.1) is 0 Å². The Hall–Kier alpha value is -3.41. The lowest BCUT2D eigenvalue weighted by Gasteiger charge is -2.13. The van der Waals surface area contributed by atoms with Crippen molar-refractivity contribution in [3.63, 3.8) is 0 Å². The summed E-state index contributed by atoms with van der Waals surface area (Å²) >= 11 is 0. The van der Waals surface area contributed by atoms with Crippen LogP contribution in [0.2, 0.25) is 0 Å². The molecule has 5 nitrogen and oxygen atoms in total. The predicted molar refractivity (Wildman–Crippen MR) is 166 cm³/mol. The summed E-state index contributed by atoms with van der Waals surface area (Å²) in [6.45, 7) is 1.19. The Labute approximate surface area is 246 Å². The second kappa shape index (κ2) is 19.6. The van der Waals surface area contributed by atoms with Crippen molar-refractivity contribution < 1.29 is 24.1 Å². The van der Waals surface area contributed by atoms with E-state index in [4.69, 9.17) is 14.2 Å². The first-order valence-corrected chi connectivity index (χ1v) is 15.0. The lowest BCUT2D eigenvalue weighted by molar-refractivity contribution is 0.0109. The van der Waals surface area contributed by atoms with E-state index in [1.807, 2.05) is 66.7 Å². The first-order valence-electron chi connectivity index (χ1n) is 15.0. The topological polar surface area (TPSA) is 65.0 Å². The van der Waals surface area contributed by atoms with Gasteiger partial charge in [-0.2, -0.15) is 0 Å². The summed E-state index contributed by atoms with van der Waals surface area (Å²) in [5.74, 6) is 1.56. The minimum Gasteiger partial charge on any atom is -0.497 e. The van der Waals surface area contributed by atoms with Crippen LogP contribution in [-0.2, 0) is 11.2 Å². The lowest BCUT2D eigenvalue weighted by Crippen LogP contribution is -2.23. The van der Waals surface area contributed by atoms with Gasteiger partial charge in [0.2, 0.25) is 0 Å². The molecule has 1 N–H and O–H groups in total. The van der Waals surface area contributed by atoms with Crippen LogP contribution in [0.3, 0.4) is 0 Å². The standard InChI is InChI=1S/C36H46O5/c1-39-34-23-25-35(26-24-34)41-29-33(37)28-40-27-15-10-8-6-4-2-3-5-7-9-12-16-30-19-21-32(22-20-30)36(38)31-17-13-11-14-18-31/h5,7,11,13-14,17-26,33,37H,2-4,6,8-10,12,15-16,27-29H2,1H3/b7-5-/t33-/m1/s1. The zero-order valence-corrected chi connectivity index (χ0v) is 24.5. The maximum absolute atomic E-state index is 12.5. The molecule has 0 bridgehead atoms. The molecule has 0 fully saturated rings. The molecule has 0 aliphatic heterocycles. The average Bonchev–Trinajstić information content (AvgIpc) is 3.02. The highest BCUT2D eigenvalue weighted by atomic mass is 16.5. The molecule has 0 spiro atoms. The Morgan fingerprint density at radius 1 is 0.707 bits per heavy atom. The molecule has 0 aromatic heterocycles. The molecule has 0 amide bonds. The number of aliphatic hydroxyl groups is 1. The Morgan fingerprint density at radius 2 is 1.32 bits per heavy atom. The summed E-state index contributed by atoms with van der Waals surface area (Å²) in [4.78, 5) is 12.5. The number of benzene rings is 3. The molecule has 5 heteroatoms. The number of aryl methyl sites for hydroxylation is 1. The van der Waals surface area contributed by atoms with E-state index in [1.165, 1.54) is 31.2 Å². The first kappa shape index (κ1) is 32.1. The highest BCUT2D eigenvalue weighted by Crippen LogP contribution is 2.17. The minimum atomic E-state index is -0.631. The summed E-state index contributed by atoms with van der Waals surface area (Å²) in [6, 6.07) is 24.8. The van der Waals surface area contributed by atoms with Crippen molar-refractivity contribution in [2.24, 2.45) is 0 Å². The molecule has 220 valence electrons. The van der Waals surface area contributed by atoms with Crippen LogP contribution in [0.5, 0.6) is 11.5 Å². The highest BCUT2D eigenvalue weighted by molar-refractivity contribution is 6.08. The molecule has 0 heterocycles. The van der Waals surface area contributed by atoms with Gasteiger partial charge in [-0.3, -0.25) is 4.79 Å². The van der Waals surface area contributed by atoms with Crippen molar-refractivity contribution in [3.05, 3.63) is 108 Å². The molecule has 3 rings (SSSR count). The summed E-state index contributed by atoms with van der Waals surface area (Å²) in [5.41, 5.74) is 2.76. The molecule has 0 radical (unpaired) electrons.